The molecule has 1 aromatic carbocycles. The number of primary sulfonamides is 1. The molecule has 172 valence electrons. The van der Waals surface area contributed by atoms with Gasteiger partial charge in [0.05, 0.1) is 42.8 Å². The van der Waals surface area contributed by atoms with E-state index in [1.54, 1.807) is 18.5 Å². The summed E-state index contributed by atoms with van der Waals surface area (Å²) < 4.78 is 34.5. The smallest absolute Gasteiger partial charge is 0.248 e. The summed E-state index contributed by atoms with van der Waals surface area (Å²) in [6, 6.07) is 5.40. The van der Waals surface area contributed by atoms with E-state index in [0.717, 1.165) is 29.6 Å². The van der Waals surface area contributed by atoms with Crippen molar-refractivity contribution in [3.8, 4) is 22.6 Å². The molecule has 1 fully saturated rings. The molecule has 1 aliphatic heterocycles. The molecule has 3 aromatic heterocycles. The summed E-state index contributed by atoms with van der Waals surface area (Å²) in [4.78, 5) is 6.32. The van der Waals surface area contributed by atoms with Crippen LogP contribution >= 0.6 is 11.6 Å². The predicted molar refractivity (Wildman–Crippen MR) is 121 cm³/mol. The lowest BCUT2D eigenvalue weighted by atomic mass is 10.0. The average Bonchev–Trinajstić information content (AvgIpc) is 3.44. The van der Waals surface area contributed by atoms with Gasteiger partial charge in [-0.2, -0.15) is 5.10 Å². The third-order valence-electron chi connectivity index (χ3n) is 5.32. The van der Waals surface area contributed by atoms with Gasteiger partial charge in [0.1, 0.15) is 5.15 Å². The number of rotatable bonds is 6. The van der Waals surface area contributed by atoms with Crippen LogP contribution in [-0.2, 0) is 27.1 Å². The highest BCUT2D eigenvalue weighted by molar-refractivity contribution is 7.88. The van der Waals surface area contributed by atoms with Crippen molar-refractivity contribution in [2.45, 2.75) is 12.3 Å². The summed E-state index contributed by atoms with van der Waals surface area (Å²) >= 11 is 6.08. The van der Waals surface area contributed by atoms with E-state index in [4.69, 9.17) is 25.9 Å². The Morgan fingerprint density at radius 1 is 1.12 bits per heavy atom. The molecule has 1 saturated heterocycles. The molecule has 0 spiro atoms. The Kier molecular flexibility index (Phi) is 5.85. The lowest BCUT2D eigenvalue weighted by Crippen LogP contribution is -2.35. The van der Waals surface area contributed by atoms with Gasteiger partial charge in [0, 0.05) is 35.8 Å². The maximum Gasteiger partial charge on any atom is 0.248 e. The number of hydrogen-bond acceptors (Lipinski definition) is 9. The maximum atomic E-state index is 11.6. The number of nitrogens with zero attached hydrogens (tertiary/aromatic N) is 5. The molecule has 0 amide bonds. The van der Waals surface area contributed by atoms with Crippen LogP contribution in [0.2, 0.25) is 5.15 Å². The van der Waals surface area contributed by atoms with Crippen LogP contribution in [0.15, 0.2) is 35.0 Å². The number of hydrogen-bond donors (Lipinski definition) is 2. The van der Waals surface area contributed by atoms with Crippen LogP contribution in [0.1, 0.15) is 11.5 Å². The quantitative estimate of drug-likeness (QED) is 0.387. The Bertz CT molecular complexity index is 1410. The van der Waals surface area contributed by atoms with Crippen molar-refractivity contribution in [1.82, 2.24) is 30.3 Å². The topological polar surface area (TPSA) is 153 Å². The Balaban J connectivity index is 1.52. The zero-order valence-electron chi connectivity index (χ0n) is 17.4. The number of halogens is 1. The Hall–Kier alpha value is -2.90. The second-order valence-corrected chi connectivity index (χ2v) is 9.70. The van der Waals surface area contributed by atoms with Gasteiger partial charge in [-0.1, -0.05) is 11.6 Å². The molecule has 33 heavy (non-hydrogen) atoms. The minimum atomic E-state index is -3.77. The number of nitrogens with two attached hydrogens (primary N) is 1. The first-order valence-electron chi connectivity index (χ1n) is 10.1. The van der Waals surface area contributed by atoms with E-state index in [0.29, 0.717) is 48.2 Å². The SMILES string of the molecule is NS(=O)(=O)Cc1cc(-c2cc(-c3nnc(CN4CCOCC4)o3)c3cn[nH]c3c2)cnc1Cl. The van der Waals surface area contributed by atoms with Crippen LogP contribution in [0.4, 0.5) is 0 Å². The highest BCUT2D eigenvalue weighted by Gasteiger charge is 2.19. The van der Waals surface area contributed by atoms with E-state index < -0.39 is 15.8 Å². The predicted octanol–water partition coefficient (Wildman–Crippen LogP) is 1.95. The van der Waals surface area contributed by atoms with E-state index in [1.807, 2.05) is 12.1 Å². The van der Waals surface area contributed by atoms with Gasteiger partial charge in [0.15, 0.2) is 0 Å². The molecular formula is C20H20ClN7O4S. The molecule has 0 unspecified atom stereocenters. The van der Waals surface area contributed by atoms with Crippen molar-refractivity contribution in [3.63, 3.8) is 0 Å². The Labute approximate surface area is 194 Å². The van der Waals surface area contributed by atoms with Crippen molar-refractivity contribution >= 4 is 32.5 Å². The third kappa shape index (κ3) is 4.89. The highest BCUT2D eigenvalue weighted by Crippen LogP contribution is 2.33. The second-order valence-electron chi connectivity index (χ2n) is 7.73. The summed E-state index contributed by atoms with van der Waals surface area (Å²) in [6.45, 7) is 3.53. The van der Waals surface area contributed by atoms with Gasteiger partial charge in [-0.05, 0) is 23.8 Å². The molecule has 0 aliphatic carbocycles. The number of benzene rings is 1. The summed E-state index contributed by atoms with van der Waals surface area (Å²) in [5.41, 5.74) is 3.16. The number of sulfonamides is 1. The third-order valence-corrected chi connectivity index (χ3v) is 6.37. The molecular weight excluding hydrogens is 470 g/mol. The van der Waals surface area contributed by atoms with E-state index in [1.165, 1.54) is 0 Å². The summed E-state index contributed by atoms with van der Waals surface area (Å²) in [5.74, 6) is 0.455. The second kappa shape index (κ2) is 8.80. The van der Waals surface area contributed by atoms with Gasteiger partial charge in [0.25, 0.3) is 0 Å². The number of fused-ring (bicyclic) bond motifs is 1. The standard InChI is InChI=1S/C20H20ClN7O4S/c21-19-14(11-33(22,29)30)5-13(8-23-19)12-6-15(16-9-24-25-17(16)7-12)20-27-26-18(32-20)10-28-1-3-31-4-2-28/h5-9H,1-4,10-11H2,(H,24,25)(H2,22,29,30). The summed E-state index contributed by atoms with van der Waals surface area (Å²) in [7, 11) is -3.77. The van der Waals surface area contributed by atoms with Crippen molar-refractivity contribution in [1.29, 1.82) is 0 Å². The van der Waals surface area contributed by atoms with Crippen LogP contribution < -0.4 is 5.14 Å². The average molecular weight is 490 g/mol. The molecule has 13 heteroatoms. The van der Waals surface area contributed by atoms with Gasteiger partial charge >= 0.3 is 0 Å². The van der Waals surface area contributed by atoms with Gasteiger partial charge in [0.2, 0.25) is 21.8 Å². The maximum absolute atomic E-state index is 11.6. The molecule has 0 radical (unpaired) electrons. The Morgan fingerprint density at radius 2 is 1.94 bits per heavy atom. The zero-order chi connectivity index (χ0) is 23.0. The molecule has 1 aliphatic rings. The van der Waals surface area contributed by atoms with Crippen molar-refractivity contribution in [2.24, 2.45) is 5.14 Å². The number of morpholine rings is 1. The van der Waals surface area contributed by atoms with Crippen molar-refractivity contribution in [3.05, 3.63) is 47.2 Å². The lowest BCUT2D eigenvalue weighted by Gasteiger charge is -2.24. The first kappa shape index (κ1) is 21.9. The molecule has 11 nitrogen and oxygen atoms in total. The number of aromatic amines is 1. The van der Waals surface area contributed by atoms with E-state index in [-0.39, 0.29) is 5.15 Å². The summed E-state index contributed by atoms with van der Waals surface area (Å²) in [6.07, 6.45) is 3.25. The van der Waals surface area contributed by atoms with Gasteiger partial charge in [-0.15, -0.1) is 10.2 Å². The largest absolute Gasteiger partial charge is 0.419 e. The fourth-order valence-electron chi connectivity index (χ4n) is 3.74. The fourth-order valence-corrected chi connectivity index (χ4v) is 4.64. The van der Waals surface area contributed by atoms with Gasteiger partial charge in [-0.25, -0.2) is 18.5 Å². The molecule has 0 atom stereocenters. The van der Waals surface area contributed by atoms with E-state index >= 15 is 0 Å². The van der Waals surface area contributed by atoms with Crippen LogP contribution in [0.25, 0.3) is 33.5 Å². The Morgan fingerprint density at radius 3 is 2.73 bits per heavy atom. The molecule has 0 bridgehead atoms. The lowest BCUT2D eigenvalue weighted by molar-refractivity contribution is 0.0306. The van der Waals surface area contributed by atoms with E-state index in [2.05, 4.69) is 30.3 Å². The normalized spacial score (nSPS) is 15.3. The first-order valence-corrected chi connectivity index (χ1v) is 12.2. The van der Waals surface area contributed by atoms with E-state index in [9.17, 15) is 8.42 Å². The summed E-state index contributed by atoms with van der Waals surface area (Å²) in [5, 5.41) is 21.6. The number of H-pyrrole nitrogens is 1. The zero-order valence-corrected chi connectivity index (χ0v) is 18.9. The minimum Gasteiger partial charge on any atom is -0.419 e. The molecule has 4 aromatic rings. The number of nitrogens with one attached hydrogen (secondary N) is 1. The number of ether oxygens (including phenoxy) is 1. The molecule has 5 rings (SSSR count). The first-order chi connectivity index (χ1) is 15.9. The van der Waals surface area contributed by atoms with Crippen molar-refractivity contribution < 1.29 is 17.6 Å². The number of pyridine rings is 1. The molecule has 0 saturated carbocycles. The van der Waals surface area contributed by atoms with Crippen LogP contribution in [0.3, 0.4) is 0 Å². The van der Waals surface area contributed by atoms with Gasteiger partial charge < -0.3 is 9.15 Å². The van der Waals surface area contributed by atoms with Crippen molar-refractivity contribution in [2.75, 3.05) is 26.3 Å². The van der Waals surface area contributed by atoms with Crippen LogP contribution in [0.5, 0.6) is 0 Å². The fraction of sp³-hybridized carbons (Fsp3) is 0.300. The van der Waals surface area contributed by atoms with Gasteiger partial charge in [-0.3, -0.25) is 10.00 Å². The number of aromatic nitrogens is 5. The molecule has 4 heterocycles. The monoisotopic (exact) mass is 489 g/mol. The molecule has 3 N–H and O–H groups in total. The minimum absolute atomic E-state index is 0.0836. The van der Waals surface area contributed by atoms with Crippen LogP contribution in [0, 0.1) is 0 Å². The van der Waals surface area contributed by atoms with Crippen LogP contribution in [-0.4, -0.2) is 65.0 Å². The highest BCUT2D eigenvalue weighted by atomic mass is 35.5.